The van der Waals surface area contributed by atoms with Crippen LogP contribution in [0.4, 0.5) is 5.00 Å². The van der Waals surface area contributed by atoms with Crippen LogP contribution in [0.1, 0.15) is 16.1 Å². The number of amides is 1. The Labute approximate surface area is 132 Å². The lowest BCUT2D eigenvalue weighted by Gasteiger charge is -2.17. The maximum absolute atomic E-state index is 12.3. The number of likely N-dealkylation sites (N-methyl/N-ethyl adjacent to an activating group) is 1. The minimum atomic E-state index is -0.151. The molecule has 1 amide bonds. The van der Waals surface area contributed by atoms with Gasteiger partial charge in [0.05, 0.1) is 22.8 Å². The number of aryl methyl sites for hydroxylation is 1. The third-order valence-electron chi connectivity index (χ3n) is 2.97. The molecule has 7 heteroatoms. The third-order valence-corrected chi connectivity index (χ3v) is 4.05. The average Bonchev–Trinajstić information content (AvgIpc) is 2.79. The lowest BCUT2D eigenvalue weighted by Crippen LogP contribution is -2.31. The van der Waals surface area contributed by atoms with Crippen LogP contribution in [-0.2, 0) is 0 Å². The van der Waals surface area contributed by atoms with E-state index in [2.05, 4.69) is 4.37 Å². The van der Waals surface area contributed by atoms with Crippen LogP contribution < -0.4 is 10.5 Å². The lowest BCUT2D eigenvalue weighted by atomic mass is 10.2. The molecule has 0 aliphatic heterocycles. The van der Waals surface area contributed by atoms with E-state index >= 15 is 0 Å². The predicted molar refractivity (Wildman–Crippen MR) is 85.2 cm³/mol. The van der Waals surface area contributed by atoms with Crippen LogP contribution in [0, 0.1) is 6.92 Å². The number of anilines is 1. The van der Waals surface area contributed by atoms with E-state index in [1.165, 1.54) is 0 Å². The van der Waals surface area contributed by atoms with E-state index in [4.69, 9.17) is 22.1 Å². The van der Waals surface area contributed by atoms with Crippen molar-refractivity contribution >= 4 is 34.0 Å². The van der Waals surface area contributed by atoms with Gasteiger partial charge in [-0.15, -0.1) is 0 Å². The van der Waals surface area contributed by atoms with E-state index in [1.807, 2.05) is 12.1 Å². The fourth-order valence-corrected chi connectivity index (χ4v) is 2.64. The van der Waals surface area contributed by atoms with Crippen molar-refractivity contribution < 1.29 is 9.53 Å². The van der Waals surface area contributed by atoms with Crippen LogP contribution in [0.25, 0.3) is 0 Å². The molecule has 0 unspecified atom stereocenters. The highest BCUT2D eigenvalue weighted by molar-refractivity contribution is 7.10. The second-order valence-corrected chi connectivity index (χ2v) is 5.73. The van der Waals surface area contributed by atoms with E-state index in [-0.39, 0.29) is 5.91 Å². The highest BCUT2D eigenvalue weighted by atomic mass is 35.5. The third kappa shape index (κ3) is 3.65. The summed E-state index contributed by atoms with van der Waals surface area (Å²) in [6, 6.07) is 7.22. The van der Waals surface area contributed by atoms with Gasteiger partial charge in [-0.05, 0) is 30.6 Å². The maximum Gasteiger partial charge on any atom is 0.258 e. The van der Waals surface area contributed by atoms with Gasteiger partial charge in [-0.2, -0.15) is 4.37 Å². The Morgan fingerprint density at radius 2 is 2.19 bits per heavy atom. The Balaban J connectivity index is 1.92. The van der Waals surface area contributed by atoms with E-state index in [0.717, 1.165) is 11.5 Å². The standard InChI is InChI=1S/C14H16ClN3O2S/c1-9-12(13(16)21-17-9)14(19)18(2)7-8-20-11-6-4-3-5-10(11)15/h3-6H,7-8,16H2,1-2H3. The van der Waals surface area contributed by atoms with E-state index in [9.17, 15) is 4.79 Å². The van der Waals surface area contributed by atoms with Crippen molar-refractivity contribution in [3.8, 4) is 5.75 Å². The topological polar surface area (TPSA) is 68.5 Å². The molecule has 0 saturated carbocycles. The Kier molecular flexibility index (Phi) is 5.03. The molecule has 21 heavy (non-hydrogen) atoms. The first-order chi connectivity index (χ1) is 10.0. The van der Waals surface area contributed by atoms with Crippen molar-refractivity contribution in [2.75, 3.05) is 25.9 Å². The molecular weight excluding hydrogens is 310 g/mol. The molecule has 5 nitrogen and oxygen atoms in total. The number of halogens is 1. The number of ether oxygens (including phenoxy) is 1. The number of carbonyl (C=O) groups excluding carboxylic acids is 1. The van der Waals surface area contributed by atoms with Gasteiger partial charge in [0.1, 0.15) is 17.4 Å². The number of carbonyl (C=O) groups is 1. The van der Waals surface area contributed by atoms with Crippen molar-refractivity contribution in [1.29, 1.82) is 0 Å². The second kappa shape index (κ2) is 6.78. The summed E-state index contributed by atoms with van der Waals surface area (Å²) < 4.78 is 9.64. The number of para-hydroxylation sites is 1. The molecule has 0 fully saturated rings. The summed E-state index contributed by atoms with van der Waals surface area (Å²) in [6.07, 6.45) is 0. The molecule has 2 rings (SSSR count). The van der Waals surface area contributed by atoms with Crippen LogP contribution >= 0.6 is 23.1 Å². The Bertz CT molecular complexity index is 625. The number of nitrogens with zero attached hydrogens (tertiary/aromatic N) is 2. The van der Waals surface area contributed by atoms with E-state index < -0.39 is 0 Å². The number of aromatic nitrogens is 1. The molecule has 2 aromatic rings. The van der Waals surface area contributed by atoms with Gasteiger partial charge in [0.25, 0.3) is 5.91 Å². The maximum atomic E-state index is 12.3. The summed E-state index contributed by atoms with van der Waals surface area (Å²) in [4.78, 5) is 13.8. The second-order valence-electron chi connectivity index (χ2n) is 4.51. The minimum Gasteiger partial charge on any atom is -0.490 e. The Hall–Kier alpha value is -1.79. The molecule has 0 bridgehead atoms. The number of rotatable bonds is 5. The van der Waals surface area contributed by atoms with Crippen molar-refractivity contribution in [3.05, 3.63) is 40.5 Å². The molecule has 0 radical (unpaired) electrons. The molecule has 0 aliphatic rings. The zero-order valence-corrected chi connectivity index (χ0v) is 13.4. The highest BCUT2D eigenvalue weighted by Crippen LogP contribution is 2.24. The first-order valence-corrected chi connectivity index (χ1v) is 7.50. The van der Waals surface area contributed by atoms with Gasteiger partial charge in [-0.25, -0.2) is 0 Å². The summed E-state index contributed by atoms with van der Waals surface area (Å²) >= 11 is 7.13. The van der Waals surface area contributed by atoms with Gasteiger partial charge in [-0.3, -0.25) is 4.79 Å². The molecular formula is C14H16ClN3O2S. The fourth-order valence-electron chi connectivity index (χ4n) is 1.79. The molecule has 2 N–H and O–H groups in total. The first-order valence-electron chi connectivity index (χ1n) is 6.35. The van der Waals surface area contributed by atoms with Gasteiger partial charge < -0.3 is 15.4 Å². The SMILES string of the molecule is Cc1nsc(N)c1C(=O)N(C)CCOc1ccccc1Cl. The van der Waals surface area contributed by atoms with Gasteiger partial charge in [0.15, 0.2) is 0 Å². The monoisotopic (exact) mass is 325 g/mol. The van der Waals surface area contributed by atoms with Gasteiger partial charge in [-0.1, -0.05) is 23.7 Å². The lowest BCUT2D eigenvalue weighted by molar-refractivity contribution is 0.0774. The number of nitrogen functional groups attached to an aromatic ring is 1. The molecule has 0 spiro atoms. The number of hydrogen-bond acceptors (Lipinski definition) is 5. The molecule has 1 aromatic carbocycles. The summed E-state index contributed by atoms with van der Waals surface area (Å²) in [7, 11) is 1.70. The van der Waals surface area contributed by atoms with Crippen molar-refractivity contribution in [3.63, 3.8) is 0 Å². The summed E-state index contributed by atoms with van der Waals surface area (Å²) in [5, 5.41) is 0.991. The average molecular weight is 326 g/mol. The van der Waals surface area contributed by atoms with Crippen LogP contribution in [0.5, 0.6) is 5.75 Å². The molecule has 0 saturated heterocycles. The van der Waals surface area contributed by atoms with E-state index in [0.29, 0.717) is 40.2 Å². The van der Waals surface area contributed by atoms with Crippen LogP contribution in [0.2, 0.25) is 5.02 Å². The van der Waals surface area contributed by atoms with Crippen molar-refractivity contribution in [1.82, 2.24) is 9.27 Å². The fraction of sp³-hybridized carbons (Fsp3) is 0.286. The zero-order chi connectivity index (χ0) is 15.4. The van der Waals surface area contributed by atoms with E-state index in [1.54, 1.807) is 31.0 Å². The normalized spacial score (nSPS) is 10.4. The molecule has 0 atom stereocenters. The minimum absolute atomic E-state index is 0.151. The van der Waals surface area contributed by atoms with Crippen LogP contribution in [-0.4, -0.2) is 35.4 Å². The summed E-state index contributed by atoms with van der Waals surface area (Å²) in [5.74, 6) is 0.453. The number of benzene rings is 1. The molecule has 0 aliphatic carbocycles. The predicted octanol–water partition coefficient (Wildman–Crippen LogP) is 2.84. The first kappa shape index (κ1) is 15.6. The van der Waals surface area contributed by atoms with Gasteiger partial charge >= 0.3 is 0 Å². The molecule has 112 valence electrons. The quantitative estimate of drug-likeness (QED) is 0.917. The molecule has 1 aromatic heterocycles. The van der Waals surface area contributed by atoms with Gasteiger partial charge in [0, 0.05) is 7.05 Å². The van der Waals surface area contributed by atoms with Crippen LogP contribution in [0.15, 0.2) is 24.3 Å². The van der Waals surface area contributed by atoms with Crippen molar-refractivity contribution in [2.45, 2.75) is 6.92 Å². The zero-order valence-electron chi connectivity index (χ0n) is 11.8. The number of nitrogens with two attached hydrogens (primary N) is 1. The summed E-state index contributed by atoms with van der Waals surface area (Å²) in [5.41, 5.74) is 6.91. The van der Waals surface area contributed by atoms with Crippen LogP contribution in [0.3, 0.4) is 0 Å². The smallest absolute Gasteiger partial charge is 0.258 e. The largest absolute Gasteiger partial charge is 0.490 e. The molecule has 1 heterocycles. The number of hydrogen-bond donors (Lipinski definition) is 1. The highest BCUT2D eigenvalue weighted by Gasteiger charge is 2.20. The van der Waals surface area contributed by atoms with Crippen molar-refractivity contribution in [2.24, 2.45) is 0 Å². The summed E-state index contributed by atoms with van der Waals surface area (Å²) in [6.45, 7) is 2.55. The Morgan fingerprint density at radius 1 is 1.48 bits per heavy atom. The Morgan fingerprint density at radius 3 is 2.81 bits per heavy atom. The van der Waals surface area contributed by atoms with Gasteiger partial charge in [0.2, 0.25) is 0 Å².